The average molecular weight is 368 g/mol. The van der Waals surface area contributed by atoms with Crippen molar-refractivity contribution in [3.05, 3.63) is 42.5 Å². The van der Waals surface area contributed by atoms with Gasteiger partial charge in [-0.15, -0.1) is 0 Å². The zero-order valence-corrected chi connectivity index (χ0v) is 15.3. The van der Waals surface area contributed by atoms with E-state index >= 15 is 0 Å². The summed E-state index contributed by atoms with van der Waals surface area (Å²) in [4.78, 5) is 33.8. The normalized spacial score (nSPS) is 19.9. The third-order valence-electron chi connectivity index (χ3n) is 5.30. The molecule has 2 amide bonds. The van der Waals surface area contributed by atoms with Crippen LogP contribution in [0.3, 0.4) is 0 Å². The lowest BCUT2D eigenvalue weighted by Crippen LogP contribution is -2.43. The highest BCUT2D eigenvalue weighted by molar-refractivity contribution is 5.97. The van der Waals surface area contributed by atoms with Gasteiger partial charge in [-0.1, -0.05) is 0 Å². The number of piperidine rings is 1. The van der Waals surface area contributed by atoms with Crippen molar-refractivity contribution in [2.75, 3.05) is 36.4 Å². The maximum absolute atomic E-state index is 12.9. The van der Waals surface area contributed by atoms with Crippen molar-refractivity contribution in [3.63, 3.8) is 0 Å². The van der Waals surface area contributed by atoms with E-state index in [0.717, 1.165) is 50.3 Å². The molecular weight excluding hydrogens is 344 g/mol. The van der Waals surface area contributed by atoms with Crippen LogP contribution in [0.15, 0.2) is 41.3 Å². The standard InChI is InChI=1S/C20H24N4O3/c25-19(22-17-6-3-8-21-18(17)23-9-1-2-10-23)15-5-4-11-24(13-15)20(26)16-7-12-27-14-16/h3,6-8,12,14-15H,1-2,4-5,9-11,13H2,(H,22,25)/t15-/m0/s1. The number of likely N-dealkylation sites (tertiary alicyclic amines) is 1. The SMILES string of the molecule is O=C(Nc1cccnc1N1CCCC1)[C@H]1CCCN(C(=O)c2ccoc2)C1. The Balaban J connectivity index is 1.43. The van der Waals surface area contributed by atoms with Crippen LogP contribution in [0.25, 0.3) is 0 Å². The molecule has 2 aromatic rings. The van der Waals surface area contributed by atoms with Crippen LogP contribution in [0.2, 0.25) is 0 Å². The number of anilines is 2. The Kier molecular flexibility index (Phi) is 5.09. The number of aromatic nitrogens is 1. The van der Waals surface area contributed by atoms with Crippen LogP contribution in [-0.2, 0) is 4.79 Å². The number of nitrogens with one attached hydrogen (secondary N) is 1. The van der Waals surface area contributed by atoms with E-state index in [-0.39, 0.29) is 17.7 Å². The van der Waals surface area contributed by atoms with E-state index in [1.807, 2.05) is 12.1 Å². The zero-order valence-electron chi connectivity index (χ0n) is 15.3. The van der Waals surface area contributed by atoms with Gasteiger partial charge in [0.25, 0.3) is 5.91 Å². The van der Waals surface area contributed by atoms with Gasteiger partial charge in [0, 0.05) is 32.4 Å². The van der Waals surface area contributed by atoms with Crippen LogP contribution in [0, 0.1) is 5.92 Å². The smallest absolute Gasteiger partial charge is 0.257 e. The first-order valence-electron chi connectivity index (χ1n) is 9.54. The molecular formula is C20H24N4O3. The lowest BCUT2D eigenvalue weighted by molar-refractivity contribution is -0.121. The first-order valence-corrected chi connectivity index (χ1v) is 9.54. The molecule has 0 radical (unpaired) electrons. The number of nitrogens with zero attached hydrogens (tertiary/aromatic N) is 3. The van der Waals surface area contributed by atoms with Crippen LogP contribution in [0.4, 0.5) is 11.5 Å². The van der Waals surface area contributed by atoms with Crippen molar-refractivity contribution in [2.24, 2.45) is 5.92 Å². The number of hydrogen-bond acceptors (Lipinski definition) is 5. The number of hydrogen-bond donors (Lipinski definition) is 1. The molecule has 2 fully saturated rings. The molecule has 2 aliphatic rings. The van der Waals surface area contributed by atoms with Gasteiger partial charge in [-0.3, -0.25) is 9.59 Å². The number of carbonyl (C=O) groups is 2. The van der Waals surface area contributed by atoms with E-state index in [9.17, 15) is 9.59 Å². The molecule has 2 aromatic heterocycles. The Bertz CT molecular complexity index is 799. The van der Waals surface area contributed by atoms with Crippen molar-refractivity contribution in [2.45, 2.75) is 25.7 Å². The average Bonchev–Trinajstić information content (AvgIpc) is 3.42. The Morgan fingerprint density at radius 1 is 1.15 bits per heavy atom. The summed E-state index contributed by atoms with van der Waals surface area (Å²) < 4.78 is 5.00. The minimum atomic E-state index is -0.221. The molecule has 2 saturated heterocycles. The summed E-state index contributed by atoms with van der Waals surface area (Å²) in [6, 6.07) is 5.39. The summed E-state index contributed by atoms with van der Waals surface area (Å²) in [5.74, 6) is 0.486. The second-order valence-electron chi connectivity index (χ2n) is 7.16. The molecule has 4 heterocycles. The number of rotatable bonds is 4. The van der Waals surface area contributed by atoms with Crippen molar-refractivity contribution in [3.8, 4) is 0 Å². The molecule has 142 valence electrons. The minimum Gasteiger partial charge on any atom is -0.472 e. The quantitative estimate of drug-likeness (QED) is 0.898. The number of amides is 2. The predicted octanol–water partition coefficient (Wildman–Crippen LogP) is 2.77. The lowest BCUT2D eigenvalue weighted by Gasteiger charge is -2.32. The third-order valence-corrected chi connectivity index (χ3v) is 5.30. The molecule has 27 heavy (non-hydrogen) atoms. The van der Waals surface area contributed by atoms with Crippen molar-refractivity contribution < 1.29 is 14.0 Å². The van der Waals surface area contributed by atoms with Crippen LogP contribution in [0.1, 0.15) is 36.0 Å². The Morgan fingerprint density at radius 3 is 2.78 bits per heavy atom. The summed E-state index contributed by atoms with van der Waals surface area (Å²) in [6.07, 6.45) is 8.59. The topological polar surface area (TPSA) is 78.7 Å². The molecule has 0 saturated carbocycles. The van der Waals surface area contributed by atoms with Gasteiger partial charge < -0.3 is 19.5 Å². The van der Waals surface area contributed by atoms with E-state index in [2.05, 4.69) is 15.2 Å². The van der Waals surface area contributed by atoms with E-state index in [4.69, 9.17) is 4.42 Å². The highest BCUT2D eigenvalue weighted by Crippen LogP contribution is 2.27. The molecule has 1 atom stereocenters. The van der Waals surface area contributed by atoms with Crippen LogP contribution >= 0.6 is 0 Å². The molecule has 0 unspecified atom stereocenters. The molecule has 7 nitrogen and oxygen atoms in total. The highest BCUT2D eigenvalue weighted by atomic mass is 16.3. The summed E-state index contributed by atoms with van der Waals surface area (Å²) >= 11 is 0. The molecule has 0 aliphatic carbocycles. The van der Waals surface area contributed by atoms with Gasteiger partial charge in [0.2, 0.25) is 5.91 Å². The summed E-state index contributed by atoms with van der Waals surface area (Å²) in [5.41, 5.74) is 1.28. The monoisotopic (exact) mass is 368 g/mol. The van der Waals surface area contributed by atoms with Gasteiger partial charge in [-0.05, 0) is 43.9 Å². The molecule has 0 bridgehead atoms. The van der Waals surface area contributed by atoms with Crippen molar-refractivity contribution >= 4 is 23.3 Å². The van der Waals surface area contributed by atoms with E-state index in [0.29, 0.717) is 18.7 Å². The Labute approximate surface area is 158 Å². The number of pyridine rings is 1. The van der Waals surface area contributed by atoms with E-state index in [1.165, 1.54) is 12.5 Å². The first kappa shape index (κ1) is 17.6. The second kappa shape index (κ2) is 7.82. The molecule has 2 aliphatic heterocycles. The Hall–Kier alpha value is -2.83. The minimum absolute atomic E-state index is 0.0480. The van der Waals surface area contributed by atoms with Gasteiger partial charge in [0.1, 0.15) is 6.26 Å². The fourth-order valence-corrected chi connectivity index (χ4v) is 3.85. The highest BCUT2D eigenvalue weighted by Gasteiger charge is 2.30. The zero-order chi connectivity index (χ0) is 18.6. The van der Waals surface area contributed by atoms with Crippen molar-refractivity contribution in [1.82, 2.24) is 9.88 Å². The molecule has 4 rings (SSSR count). The fraction of sp³-hybridized carbons (Fsp3) is 0.450. The largest absolute Gasteiger partial charge is 0.472 e. The summed E-state index contributed by atoms with van der Waals surface area (Å²) in [6.45, 7) is 3.03. The molecule has 0 spiro atoms. The molecule has 0 aromatic carbocycles. The molecule has 7 heteroatoms. The van der Waals surface area contributed by atoms with Crippen LogP contribution in [0.5, 0.6) is 0 Å². The number of furan rings is 1. The first-order chi connectivity index (χ1) is 13.2. The van der Waals surface area contributed by atoms with Crippen LogP contribution < -0.4 is 10.2 Å². The maximum atomic E-state index is 12.9. The third kappa shape index (κ3) is 3.82. The van der Waals surface area contributed by atoms with E-state index < -0.39 is 0 Å². The summed E-state index contributed by atoms with van der Waals surface area (Å²) in [7, 11) is 0. The maximum Gasteiger partial charge on any atom is 0.257 e. The molecule has 1 N–H and O–H groups in total. The van der Waals surface area contributed by atoms with Gasteiger partial charge in [0.15, 0.2) is 5.82 Å². The van der Waals surface area contributed by atoms with Gasteiger partial charge in [-0.2, -0.15) is 0 Å². The second-order valence-corrected chi connectivity index (χ2v) is 7.16. The van der Waals surface area contributed by atoms with Crippen molar-refractivity contribution in [1.29, 1.82) is 0 Å². The lowest BCUT2D eigenvalue weighted by atomic mass is 9.96. The van der Waals surface area contributed by atoms with Gasteiger partial charge in [-0.25, -0.2) is 4.98 Å². The summed E-state index contributed by atoms with van der Waals surface area (Å²) in [5, 5.41) is 3.05. The fourth-order valence-electron chi connectivity index (χ4n) is 3.85. The predicted molar refractivity (Wildman–Crippen MR) is 102 cm³/mol. The Morgan fingerprint density at radius 2 is 2.00 bits per heavy atom. The van der Waals surface area contributed by atoms with Gasteiger partial charge in [0.05, 0.1) is 23.4 Å². The van der Waals surface area contributed by atoms with E-state index in [1.54, 1.807) is 17.2 Å². The van der Waals surface area contributed by atoms with Gasteiger partial charge >= 0.3 is 0 Å². The number of carbonyl (C=O) groups excluding carboxylic acids is 2. The van der Waals surface area contributed by atoms with Crippen LogP contribution in [-0.4, -0.2) is 47.9 Å².